The van der Waals surface area contributed by atoms with Gasteiger partial charge < -0.3 is 14.6 Å². The number of aliphatic hydroxyl groups excluding tert-OH is 1. The van der Waals surface area contributed by atoms with Crippen LogP contribution in [0.15, 0.2) is 52.2 Å². The molecule has 1 saturated heterocycles. The van der Waals surface area contributed by atoms with Crippen LogP contribution in [0.2, 0.25) is 0 Å². The van der Waals surface area contributed by atoms with Crippen LogP contribution in [0.1, 0.15) is 32.1 Å². The summed E-state index contributed by atoms with van der Waals surface area (Å²) < 4.78 is 13.6. The molecule has 1 aromatic carbocycles. The van der Waals surface area contributed by atoms with Crippen LogP contribution in [0.25, 0.3) is 0 Å². The van der Waals surface area contributed by atoms with E-state index in [-0.39, 0.29) is 18.8 Å². The van der Waals surface area contributed by atoms with E-state index >= 15 is 0 Å². The maximum atomic E-state index is 12.7. The minimum absolute atomic E-state index is 0.0911. The maximum absolute atomic E-state index is 12.7. The minimum Gasteiger partial charge on any atom is -0.388 e. The molecule has 7 heteroatoms. The van der Waals surface area contributed by atoms with Crippen molar-refractivity contribution in [3.63, 3.8) is 0 Å². The Morgan fingerprint density at radius 3 is 2.58 bits per heavy atom. The summed E-state index contributed by atoms with van der Waals surface area (Å²) in [5.41, 5.74) is -0.0589. The Bertz CT molecular complexity index is 845. The number of hydrogen-bond donors (Lipinski definition) is 1. The molecule has 140 valence electrons. The van der Waals surface area contributed by atoms with E-state index in [0.717, 1.165) is 16.6 Å². The van der Waals surface area contributed by atoms with E-state index in [1.807, 2.05) is 44.2 Å². The van der Waals surface area contributed by atoms with Gasteiger partial charge in [-0.1, -0.05) is 44.2 Å². The van der Waals surface area contributed by atoms with Crippen LogP contribution in [-0.4, -0.2) is 26.4 Å². The number of ether oxygens (including phenoxy) is 2. The van der Waals surface area contributed by atoms with Gasteiger partial charge in [-0.3, -0.25) is 9.36 Å². The summed E-state index contributed by atoms with van der Waals surface area (Å²) in [5, 5.41) is 10.4. The summed E-state index contributed by atoms with van der Waals surface area (Å²) in [6, 6.07) is 10.8. The van der Waals surface area contributed by atoms with Crippen LogP contribution < -0.4 is 11.2 Å². The Morgan fingerprint density at radius 1 is 1.19 bits per heavy atom. The van der Waals surface area contributed by atoms with Crippen molar-refractivity contribution < 1.29 is 14.6 Å². The Kier molecular flexibility index (Phi) is 5.70. The van der Waals surface area contributed by atoms with E-state index in [4.69, 9.17) is 9.47 Å². The van der Waals surface area contributed by atoms with Crippen LogP contribution in [0, 0.1) is 5.92 Å². The van der Waals surface area contributed by atoms with Crippen molar-refractivity contribution in [3.05, 3.63) is 69.0 Å². The van der Waals surface area contributed by atoms with E-state index in [2.05, 4.69) is 0 Å². The molecule has 0 aliphatic carbocycles. The lowest BCUT2D eigenvalue weighted by atomic mass is 9.99. The molecule has 2 aromatic rings. The summed E-state index contributed by atoms with van der Waals surface area (Å²) in [5.74, 6) is -0.0911. The van der Waals surface area contributed by atoms with Crippen LogP contribution in [0.3, 0.4) is 0 Å². The fourth-order valence-electron chi connectivity index (χ4n) is 3.23. The molecule has 1 N–H and O–H groups in total. The molecule has 0 unspecified atom stereocenters. The highest BCUT2D eigenvalue weighted by atomic mass is 16.5. The van der Waals surface area contributed by atoms with Crippen LogP contribution in [0.5, 0.6) is 0 Å². The van der Waals surface area contributed by atoms with Crippen LogP contribution >= 0.6 is 0 Å². The summed E-state index contributed by atoms with van der Waals surface area (Å²) in [4.78, 5) is 24.8. The first-order valence-electron chi connectivity index (χ1n) is 8.80. The second-order valence-electron chi connectivity index (χ2n) is 6.56. The van der Waals surface area contributed by atoms with Gasteiger partial charge in [0.2, 0.25) is 0 Å². The van der Waals surface area contributed by atoms with Crippen LogP contribution in [-0.2, 0) is 22.8 Å². The van der Waals surface area contributed by atoms with Crippen LogP contribution in [0.4, 0.5) is 0 Å². The molecule has 1 fully saturated rings. The second-order valence-corrected chi connectivity index (χ2v) is 6.56. The zero-order chi connectivity index (χ0) is 18.7. The molecular formula is C19H24N2O5. The Morgan fingerprint density at radius 2 is 1.92 bits per heavy atom. The van der Waals surface area contributed by atoms with Crippen molar-refractivity contribution in [2.75, 3.05) is 0 Å². The number of nitrogens with zero attached hydrogens (tertiary/aromatic N) is 2. The van der Waals surface area contributed by atoms with Crippen molar-refractivity contribution >= 4 is 0 Å². The Balaban J connectivity index is 1.79. The molecule has 0 radical (unpaired) electrons. The SMILES string of the molecule is CC[C@@H]1O[C@H](n2ccc(=O)n(COCc3ccccc3)c2=O)[C@H](O)[C@H]1C. The quantitative estimate of drug-likeness (QED) is 0.844. The smallest absolute Gasteiger partial charge is 0.335 e. The number of rotatable bonds is 6. The third-order valence-corrected chi connectivity index (χ3v) is 4.84. The predicted molar refractivity (Wildman–Crippen MR) is 95.6 cm³/mol. The van der Waals surface area contributed by atoms with Gasteiger partial charge in [0.05, 0.1) is 12.7 Å². The third-order valence-electron chi connectivity index (χ3n) is 4.84. The summed E-state index contributed by atoms with van der Waals surface area (Å²) >= 11 is 0. The minimum atomic E-state index is -0.811. The lowest BCUT2D eigenvalue weighted by Crippen LogP contribution is -2.42. The third kappa shape index (κ3) is 3.65. The Labute approximate surface area is 151 Å². The molecule has 7 nitrogen and oxygen atoms in total. The second kappa shape index (κ2) is 7.99. The first-order chi connectivity index (χ1) is 12.5. The molecule has 2 heterocycles. The van der Waals surface area contributed by atoms with Gasteiger partial charge in [-0.2, -0.15) is 0 Å². The zero-order valence-electron chi connectivity index (χ0n) is 14.9. The monoisotopic (exact) mass is 360 g/mol. The highest BCUT2D eigenvalue weighted by molar-refractivity contribution is 5.13. The van der Waals surface area contributed by atoms with Crippen molar-refractivity contribution in [2.24, 2.45) is 5.92 Å². The molecule has 26 heavy (non-hydrogen) atoms. The molecule has 0 saturated carbocycles. The highest BCUT2D eigenvalue weighted by Crippen LogP contribution is 2.34. The van der Waals surface area contributed by atoms with Gasteiger partial charge in [-0.05, 0) is 12.0 Å². The fourth-order valence-corrected chi connectivity index (χ4v) is 3.23. The number of benzene rings is 1. The average molecular weight is 360 g/mol. The van der Waals surface area contributed by atoms with Crippen molar-refractivity contribution in [1.82, 2.24) is 9.13 Å². The normalized spacial score (nSPS) is 25.5. The first kappa shape index (κ1) is 18.6. The molecule has 0 spiro atoms. The largest absolute Gasteiger partial charge is 0.388 e. The van der Waals surface area contributed by atoms with E-state index in [1.165, 1.54) is 16.8 Å². The predicted octanol–water partition coefficient (Wildman–Crippen LogP) is 1.49. The molecular weight excluding hydrogens is 336 g/mol. The van der Waals surface area contributed by atoms with Crippen molar-refractivity contribution in [2.45, 2.75) is 52.0 Å². The fraction of sp³-hybridized carbons (Fsp3) is 0.474. The first-order valence-corrected chi connectivity index (χ1v) is 8.80. The summed E-state index contributed by atoms with van der Waals surface area (Å²) in [6.45, 7) is 3.99. The summed E-state index contributed by atoms with van der Waals surface area (Å²) in [7, 11) is 0. The molecule has 0 bridgehead atoms. The van der Waals surface area contributed by atoms with Crippen molar-refractivity contribution in [3.8, 4) is 0 Å². The van der Waals surface area contributed by atoms with Gasteiger partial charge >= 0.3 is 5.69 Å². The standard InChI is InChI=1S/C19H24N2O5/c1-3-15-13(2)17(23)18(26-15)20-10-9-16(22)21(19(20)24)12-25-11-14-7-5-4-6-8-14/h4-10,13,15,17-18,23H,3,11-12H2,1-2H3/t13-,15-,17+,18-/m0/s1. The van der Waals surface area contributed by atoms with E-state index < -0.39 is 23.6 Å². The molecule has 1 aromatic heterocycles. The maximum Gasteiger partial charge on any atom is 0.335 e. The van der Waals surface area contributed by atoms with Gasteiger partial charge in [0.25, 0.3) is 5.56 Å². The van der Waals surface area contributed by atoms with Gasteiger partial charge in [-0.15, -0.1) is 0 Å². The number of aromatic nitrogens is 2. The molecule has 1 aliphatic rings. The highest BCUT2D eigenvalue weighted by Gasteiger charge is 2.41. The Hall–Kier alpha value is -2.22. The topological polar surface area (TPSA) is 82.7 Å². The van der Waals surface area contributed by atoms with E-state index in [1.54, 1.807) is 0 Å². The lowest BCUT2D eigenvalue weighted by Gasteiger charge is -2.19. The van der Waals surface area contributed by atoms with Gasteiger partial charge in [-0.25, -0.2) is 9.36 Å². The zero-order valence-corrected chi connectivity index (χ0v) is 14.9. The number of hydrogen-bond acceptors (Lipinski definition) is 5. The van der Waals surface area contributed by atoms with E-state index in [9.17, 15) is 14.7 Å². The van der Waals surface area contributed by atoms with Gasteiger partial charge in [0, 0.05) is 18.2 Å². The van der Waals surface area contributed by atoms with Crippen molar-refractivity contribution in [1.29, 1.82) is 0 Å². The molecule has 1 aliphatic heterocycles. The van der Waals surface area contributed by atoms with E-state index in [0.29, 0.717) is 6.61 Å². The average Bonchev–Trinajstić information content (AvgIpc) is 2.93. The van der Waals surface area contributed by atoms with Gasteiger partial charge in [0.1, 0.15) is 12.8 Å². The van der Waals surface area contributed by atoms with Gasteiger partial charge in [0.15, 0.2) is 6.23 Å². The molecule has 0 amide bonds. The molecule has 4 atom stereocenters. The summed E-state index contributed by atoms with van der Waals surface area (Å²) in [6.07, 6.45) is 0.370. The number of aliphatic hydroxyl groups is 1. The molecule has 3 rings (SSSR count). The lowest BCUT2D eigenvalue weighted by molar-refractivity contribution is -0.0427.